The standard InChI is InChI=1S/C22H21NO4S/c1-16-3-2-4-21(15-16)28(26,27)23-20-13-9-18(10-14-20)6-5-17-7-11-19(12-8-17)22(24)25/h2-4,7-15,23H,5-6H2,1H3,(H,24,25). The number of carbonyl (C=O) groups is 1. The van der Waals surface area contributed by atoms with E-state index in [1.165, 1.54) is 0 Å². The van der Waals surface area contributed by atoms with Crippen LogP contribution >= 0.6 is 0 Å². The van der Waals surface area contributed by atoms with Crippen molar-refractivity contribution in [2.24, 2.45) is 0 Å². The number of aryl methyl sites for hydroxylation is 3. The van der Waals surface area contributed by atoms with Gasteiger partial charge < -0.3 is 5.11 Å². The number of hydrogen-bond acceptors (Lipinski definition) is 3. The fourth-order valence-corrected chi connectivity index (χ4v) is 4.00. The van der Waals surface area contributed by atoms with Gasteiger partial charge in [0.1, 0.15) is 0 Å². The molecule has 0 saturated carbocycles. The van der Waals surface area contributed by atoms with Gasteiger partial charge in [-0.25, -0.2) is 13.2 Å². The van der Waals surface area contributed by atoms with Crippen LogP contribution in [0.4, 0.5) is 5.69 Å². The second-order valence-electron chi connectivity index (χ2n) is 6.62. The van der Waals surface area contributed by atoms with Gasteiger partial charge in [-0.15, -0.1) is 0 Å². The van der Waals surface area contributed by atoms with E-state index in [9.17, 15) is 13.2 Å². The quantitative estimate of drug-likeness (QED) is 0.625. The zero-order chi connectivity index (χ0) is 20.1. The molecule has 0 aliphatic rings. The lowest BCUT2D eigenvalue weighted by molar-refractivity contribution is 0.0697. The molecule has 6 heteroatoms. The van der Waals surface area contributed by atoms with Crippen LogP contribution in [-0.2, 0) is 22.9 Å². The normalized spacial score (nSPS) is 11.2. The summed E-state index contributed by atoms with van der Waals surface area (Å²) in [6.07, 6.45) is 1.55. The van der Waals surface area contributed by atoms with Gasteiger partial charge in [0.05, 0.1) is 10.5 Å². The minimum absolute atomic E-state index is 0.237. The Morgan fingerprint density at radius 3 is 2.00 bits per heavy atom. The molecule has 0 saturated heterocycles. The van der Waals surface area contributed by atoms with Crippen molar-refractivity contribution in [1.29, 1.82) is 0 Å². The number of nitrogens with one attached hydrogen (secondary N) is 1. The number of rotatable bonds is 7. The minimum Gasteiger partial charge on any atom is -0.478 e. The average molecular weight is 395 g/mol. The molecule has 28 heavy (non-hydrogen) atoms. The maximum Gasteiger partial charge on any atom is 0.335 e. The van der Waals surface area contributed by atoms with Crippen LogP contribution in [-0.4, -0.2) is 19.5 Å². The summed E-state index contributed by atoms with van der Waals surface area (Å²) in [6.45, 7) is 1.85. The molecule has 0 amide bonds. The van der Waals surface area contributed by atoms with E-state index in [1.807, 2.05) is 37.3 Å². The lowest BCUT2D eigenvalue weighted by Crippen LogP contribution is -2.13. The van der Waals surface area contributed by atoms with Crippen LogP contribution in [0.3, 0.4) is 0 Å². The molecule has 0 aliphatic heterocycles. The summed E-state index contributed by atoms with van der Waals surface area (Å²) in [5.74, 6) is -0.935. The molecule has 0 heterocycles. The highest BCUT2D eigenvalue weighted by atomic mass is 32.2. The molecule has 0 aromatic heterocycles. The van der Waals surface area contributed by atoms with Gasteiger partial charge in [0.25, 0.3) is 10.0 Å². The van der Waals surface area contributed by atoms with Gasteiger partial charge >= 0.3 is 5.97 Å². The maximum absolute atomic E-state index is 12.5. The molecule has 0 radical (unpaired) electrons. The SMILES string of the molecule is Cc1cccc(S(=O)(=O)Nc2ccc(CCc3ccc(C(=O)O)cc3)cc2)c1. The van der Waals surface area contributed by atoms with Gasteiger partial charge in [0.15, 0.2) is 0 Å². The number of hydrogen-bond donors (Lipinski definition) is 2. The van der Waals surface area contributed by atoms with Crippen molar-refractivity contribution in [1.82, 2.24) is 0 Å². The van der Waals surface area contributed by atoms with Gasteiger partial charge in [-0.3, -0.25) is 4.72 Å². The maximum atomic E-state index is 12.5. The minimum atomic E-state index is -3.61. The Morgan fingerprint density at radius 2 is 1.46 bits per heavy atom. The monoisotopic (exact) mass is 395 g/mol. The van der Waals surface area contributed by atoms with Gasteiger partial charge in [0.2, 0.25) is 0 Å². The predicted octanol–water partition coefficient (Wildman–Crippen LogP) is 4.28. The molecule has 0 bridgehead atoms. The Hall–Kier alpha value is -3.12. The van der Waals surface area contributed by atoms with Crippen LogP contribution in [0.2, 0.25) is 0 Å². The highest BCUT2D eigenvalue weighted by Crippen LogP contribution is 2.18. The first-order valence-corrected chi connectivity index (χ1v) is 10.3. The van der Waals surface area contributed by atoms with E-state index in [0.29, 0.717) is 5.69 Å². The fraction of sp³-hybridized carbons (Fsp3) is 0.136. The molecular formula is C22H21NO4S. The highest BCUT2D eigenvalue weighted by molar-refractivity contribution is 7.92. The third-order valence-electron chi connectivity index (χ3n) is 4.41. The van der Waals surface area contributed by atoms with E-state index >= 15 is 0 Å². The van der Waals surface area contributed by atoms with E-state index in [2.05, 4.69) is 4.72 Å². The number of anilines is 1. The molecule has 3 aromatic rings. The summed E-state index contributed by atoms with van der Waals surface area (Å²) < 4.78 is 27.5. The zero-order valence-corrected chi connectivity index (χ0v) is 16.2. The van der Waals surface area contributed by atoms with Crippen LogP contribution in [0.15, 0.2) is 77.7 Å². The first-order valence-electron chi connectivity index (χ1n) is 8.84. The van der Waals surface area contributed by atoms with Crippen molar-refractivity contribution in [2.45, 2.75) is 24.7 Å². The average Bonchev–Trinajstić information content (AvgIpc) is 2.67. The molecule has 3 rings (SSSR count). The van der Waals surface area contributed by atoms with Crippen LogP contribution < -0.4 is 4.72 Å². The van der Waals surface area contributed by atoms with Crippen molar-refractivity contribution in [3.8, 4) is 0 Å². The highest BCUT2D eigenvalue weighted by Gasteiger charge is 2.14. The van der Waals surface area contributed by atoms with E-state index in [0.717, 1.165) is 29.5 Å². The Labute approximate surface area is 164 Å². The Morgan fingerprint density at radius 1 is 0.893 bits per heavy atom. The summed E-state index contributed by atoms with van der Waals surface area (Å²) in [5, 5.41) is 8.93. The summed E-state index contributed by atoms with van der Waals surface area (Å²) in [4.78, 5) is 11.1. The number of aromatic carboxylic acids is 1. The molecule has 0 unspecified atom stereocenters. The van der Waals surface area contributed by atoms with Gasteiger partial charge in [-0.1, -0.05) is 36.4 Å². The number of benzene rings is 3. The molecule has 3 aromatic carbocycles. The third kappa shape index (κ3) is 4.98. The van der Waals surface area contributed by atoms with E-state index in [-0.39, 0.29) is 10.5 Å². The Balaban J connectivity index is 1.62. The zero-order valence-electron chi connectivity index (χ0n) is 15.4. The summed E-state index contributed by atoms with van der Waals surface area (Å²) in [6, 6.07) is 20.9. The molecule has 2 N–H and O–H groups in total. The molecular weight excluding hydrogens is 374 g/mol. The molecule has 0 spiro atoms. The lowest BCUT2D eigenvalue weighted by atomic mass is 10.0. The smallest absolute Gasteiger partial charge is 0.335 e. The summed E-state index contributed by atoms with van der Waals surface area (Å²) in [7, 11) is -3.61. The number of carboxylic acid groups (broad SMARTS) is 1. The Kier molecular flexibility index (Phi) is 5.80. The molecule has 144 valence electrons. The fourth-order valence-electron chi connectivity index (χ4n) is 2.84. The Bertz CT molecular complexity index is 1070. The number of sulfonamides is 1. The predicted molar refractivity (Wildman–Crippen MR) is 109 cm³/mol. The first-order chi connectivity index (χ1) is 13.3. The van der Waals surface area contributed by atoms with E-state index < -0.39 is 16.0 Å². The van der Waals surface area contributed by atoms with Crippen molar-refractivity contribution in [3.05, 3.63) is 95.1 Å². The van der Waals surface area contributed by atoms with Gasteiger partial charge in [0, 0.05) is 5.69 Å². The summed E-state index contributed by atoms with van der Waals surface area (Å²) in [5.41, 5.74) is 3.79. The molecule has 0 aliphatic carbocycles. The topological polar surface area (TPSA) is 83.5 Å². The molecule has 5 nitrogen and oxygen atoms in total. The molecule has 0 fully saturated rings. The van der Waals surface area contributed by atoms with Crippen molar-refractivity contribution < 1.29 is 18.3 Å². The van der Waals surface area contributed by atoms with Gasteiger partial charge in [-0.05, 0) is 72.9 Å². The van der Waals surface area contributed by atoms with Crippen LogP contribution in [0, 0.1) is 6.92 Å². The molecule has 0 atom stereocenters. The summed E-state index contributed by atoms with van der Waals surface area (Å²) >= 11 is 0. The second-order valence-corrected chi connectivity index (χ2v) is 8.30. The van der Waals surface area contributed by atoms with Crippen molar-refractivity contribution >= 4 is 21.7 Å². The third-order valence-corrected chi connectivity index (χ3v) is 5.79. The number of carboxylic acids is 1. The first kappa shape index (κ1) is 19.6. The van der Waals surface area contributed by atoms with Crippen LogP contribution in [0.1, 0.15) is 27.0 Å². The van der Waals surface area contributed by atoms with E-state index in [4.69, 9.17) is 5.11 Å². The lowest BCUT2D eigenvalue weighted by Gasteiger charge is -2.09. The van der Waals surface area contributed by atoms with Crippen LogP contribution in [0.25, 0.3) is 0 Å². The van der Waals surface area contributed by atoms with E-state index in [1.54, 1.807) is 42.5 Å². The van der Waals surface area contributed by atoms with Gasteiger partial charge in [-0.2, -0.15) is 0 Å². The van der Waals surface area contributed by atoms with Crippen molar-refractivity contribution in [2.75, 3.05) is 4.72 Å². The van der Waals surface area contributed by atoms with Crippen LogP contribution in [0.5, 0.6) is 0 Å². The second kappa shape index (κ2) is 8.27. The van der Waals surface area contributed by atoms with Crippen molar-refractivity contribution in [3.63, 3.8) is 0 Å². The largest absolute Gasteiger partial charge is 0.478 e.